The molecule has 1 saturated carbocycles. The molecule has 1 fully saturated rings. The lowest BCUT2D eigenvalue weighted by Gasteiger charge is -2.32. The number of aryl methyl sites for hydroxylation is 1. The monoisotopic (exact) mass is 268 g/mol. The van der Waals surface area contributed by atoms with E-state index in [0.29, 0.717) is 5.92 Å². The van der Waals surface area contributed by atoms with Crippen molar-refractivity contribution < 1.29 is 9.90 Å². The van der Waals surface area contributed by atoms with Gasteiger partial charge in [0.05, 0.1) is 5.92 Å². The molecule has 1 aliphatic carbocycles. The summed E-state index contributed by atoms with van der Waals surface area (Å²) in [6.45, 7) is 2.19. The van der Waals surface area contributed by atoms with E-state index in [1.54, 1.807) is 18.0 Å². The van der Waals surface area contributed by atoms with Crippen molar-refractivity contribution in [2.24, 2.45) is 18.9 Å². The molecule has 18 heavy (non-hydrogen) atoms. The minimum absolute atomic E-state index is 0.155. The van der Waals surface area contributed by atoms with Crippen molar-refractivity contribution in [1.82, 2.24) is 9.55 Å². The highest BCUT2D eigenvalue weighted by Crippen LogP contribution is 2.40. The summed E-state index contributed by atoms with van der Waals surface area (Å²) >= 11 is 1.62. The van der Waals surface area contributed by atoms with Crippen molar-refractivity contribution >= 4 is 17.7 Å². The second-order valence-electron chi connectivity index (χ2n) is 5.01. The van der Waals surface area contributed by atoms with Crippen molar-refractivity contribution in [3.8, 4) is 0 Å². The average molecular weight is 268 g/mol. The van der Waals surface area contributed by atoms with Crippen molar-refractivity contribution in [3.05, 3.63) is 12.4 Å². The molecule has 0 amide bonds. The number of hydrogen-bond donors (Lipinski definition) is 1. The number of imidazole rings is 1. The van der Waals surface area contributed by atoms with Crippen LogP contribution in [0.2, 0.25) is 0 Å². The van der Waals surface area contributed by atoms with Crippen LogP contribution >= 0.6 is 11.8 Å². The molecule has 3 atom stereocenters. The second-order valence-corrected chi connectivity index (χ2v) is 6.22. The lowest BCUT2D eigenvalue weighted by atomic mass is 9.80. The Labute approximate surface area is 112 Å². The van der Waals surface area contributed by atoms with Gasteiger partial charge in [-0.3, -0.25) is 4.79 Å². The third kappa shape index (κ3) is 2.88. The van der Waals surface area contributed by atoms with Gasteiger partial charge in [0.15, 0.2) is 5.16 Å². The lowest BCUT2D eigenvalue weighted by Crippen LogP contribution is -2.32. The van der Waals surface area contributed by atoms with E-state index >= 15 is 0 Å². The largest absolute Gasteiger partial charge is 0.481 e. The van der Waals surface area contributed by atoms with Crippen LogP contribution in [0.1, 0.15) is 32.6 Å². The maximum absolute atomic E-state index is 11.3. The zero-order valence-corrected chi connectivity index (χ0v) is 11.7. The lowest BCUT2D eigenvalue weighted by molar-refractivity contribution is -0.142. The molecule has 1 aromatic rings. The van der Waals surface area contributed by atoms with E-state index in [1.165, 1.54) is 0 Å². The highest BCUT2D eigenvalue weighted by molar-refractivity contribution is 7.99. The summed E-state index contributed by atoms with van der Waals surface area (Å²) in [5.74, 6) is -0.218. The maximum atomic E-state index is 11.3. The molecule has 5 heteroatoms. The summed E-state index contributed by atoms with van der Waals surface area (Å²) in [7, 11) is 1.95. The first kappa shape index (κ1) is 13.5. The molecular weight excluding hydrogens is 248 g/mol. The van der Waals surface area contributed by atoms with Crippen LogP contribution in [0.4, 0.5) is 0 Å². The molecule has 0 aromatic carbocycles. The fourth-order valence-electron chi connectivity index (χ4n) is 2.60. The Balaban J connectivity index is 2.10. The van der Waals surface area contributed by atoms with E-state index in [9.17, 15) is 9.90 Å². The summed E-state index contributed by atoms with van der Waals surface area (Å²) < 4.78 is 1.96. The fraction of sp³-hybridized carbons (Fsp3) is 0.692. The van der Waals surface area contributed by atoms with Crippen LogP contribution in [0, 0.1) is 11.8 Å². The Morgan fingerprint density at radius 1 is 1.61 bits per heavy atom. The van der Waals surface area contributed by atoms with Gasteiger partial charge in [-0.25, -0.2) is 4.98 Å². The maximum Gasteiger partial charge on any atom is 0.307 e. The Hall–Kier alpha value is -0.970. The second kappa shape index (κ2) is 5.78. The smallest absolute Gasteiger partial charge is 0.307 e. The quantitative estimate of drug-likeness (QED) is 0.912. The van der Waals surface area contributed by atoms with Crippen molar-refractivity contribution in [3.63, 3.8) is 0 Å². The van der Waals surface area contributed by atoms with Gasteiger partial charge >= 0.3 is 5.97 Å². The Morgan fingerprint density at radius 2 is 2.39 bits per heavy atom. The van der Waals surface area contributed by atoms with Gasteiger partial charge in [0.1, 0.15) is 0 Å². The SMILES string of the molecule is CCC1CCC(C(=O)O)C(Sc2nccn2C)C1. The number of aromatic nitrogens is 2. The highest BCUT2D eigenvalue weighted by Gasteiger charge is 2.35. The summed E-state index contributed by atoms with van der Waals surface area (Å²) in [5, 5.41) is 10.4. The van der Waals surface area contributed by atoms with Gasteiger partial charge in [0, 0.05) is 24.7 Å². The zero-order chi connectivity index (χ0) is 13.1. The van der Waals surface area contributed by atoms with E-state index in [4.69, 9.17) is 0 Å². The molecule has 2 rings (SSSR count). The molecule has 0 spiro atoms. The van der Waals surface area contributed by atoms with Gasteiger partial charge in [-0.05, 0) is 25.2 Å². The molecule has 0 saturated heterocycles. The number of carbonyl (C=O) groups is 1. The van der Waals surface area contributed by atoms with E-state index in [1.807, 2.05) is 17.8 Å². The molecule has 1 aromatic heterocycles. The summed E-state index contributed by atoms with van der Waals surface area (Å²) in [5.41, 5.74) is 0. The van der Waals surface area contributed by atoms with Crippen LogP contribution in [-0.4, -0.2) is 25.9 Å². The van der Waals surface area contributed by atoms with Crippen LogP contribution in [0.15, 0.2) is 17.6 Å². The predicted molar refractivity (Wildman–Crippen MR) is 71.6 cm³/mol. The van der Waals surface area contributed by atoms with Crippen molar-refractivity contribution in [2.75, 3.05) is 0 Å². The predicted octanol–water partition coefficient (Wildman–Crippen LogP) is 2.79. The standard InChI is InChI=1S/C13H20N2O2S/c1-3-9-4-5-10(12(16)17)11(8-9)18-13-14-6-7-15(13)2/h6-7,9-11H,3-5,8H2,1-2H3,(H,16,17). The first-order valence-electron chi connectivity index (χ1n) is 6.48. The third-order valence-electron chi connectivity index (χ3n) is 3.83. The fourth-order valence-corrected chi connectivity index (χ4v) is 4.00. The van der Waals surface area contributed by atoms with Crippen molar-refractivity contribution in [2.45, 2.75) is 43.0 Å². The normalized spacial score (nSPS) is 28.2. The first-order valence-corrected chi connectivity index (χ1v) is 7.36. The van der Waals surface area contributed by atoms with Gasteiger partial charge in [-0.1, -0.05) is 25.1 Å². The average Bonchev–Trinajstić information content (AvgIpc) is 2.74. The van der Waals surface area contributed by atoms with Gasteiger partial charge in [-0.2, -0.15) is 0 Å². The third-order valence-corrected chi connectivity index (χ3v) is 5.26. The molecule has 3 unspecified atom stereocenters. The minimum atomic E-state index is -0.656. The topological polar surface area (TPSA) is 55.1 Å². The van der Waals surface area contributed by atoms with Crippen LogP contribution in [-0.2, 0) is 11.8 Å². The number of carboxylic acid groups (broad SMARTS) is 1. The summed E-state index contributed by atoms with van der Waals surface area (Å²) in [6.07, 6.45) is 7.65. The van der Waals surface area contributed by atoms with Gasteiger partial charge in [0.25, 0.3) is 0 Å². The highest BCUT2D eigenvalue weighted by atomic mass is 32.2. The van der Waals surface area contributed by atoms with E-state index in [-0.39, 0.29) is 11.2 Å². The van der Waals surface area contributed by atoms with Gasteiger partial charge in [0.2, 0.25) is 0 Å². The van der Waals surface area contributed by atoms with Crippen LogP contribution in [0.3, 0.4) is 0 Å². The Kier molecular flexibility index (Phi) is 4.32. The minimum Gasteiger partial charge on any atom is -0.481 e. The van der Waals surface area contributed by atoms with Crippen LogP contribution in [0.5, 0.6) is 0 Å². The molecule has 1 heterocycles. The zero-order valence-electron chi connectivity index (χ0n) is 10.9. The number of nitrogens with zero attached hydrogens (tertiary/aromatic N) is 2. The molecule has 1 aliphatic rings. The van der Waals surface area contributed by atoms with E-state index in [0.717, 1.165) is 30.8 Å². The molecule has 0 radical (unpaired) electrons. The molecule has 100 valence electrons. The summed E-state index contributed by atoms with van der Waals surface area (Å²) in [4.78, 5) is 15.6. The van der Waals surface area contributed by atoms with Crippen molar-refractivity contribution in [1.29, 1.82) is 0 Å². The summed E-state index contributed by atoms with van der Waals surface area (Å²) in [6, 6.07) is 0. The van der Waals surface area contributed by atoms with E-state index < -0.39 is 5.97 Å². The van der Waals surface area contributed by atoms with Crippen LogP contribution in [0.25, 0.3) is 0 Å². The Bertz CT molecular complexity index is 419. The number of carboxylic acids is 1. The number of thioether (sulfide) groups is 1. The molecule has 4 nitrogen and oxygen atoms in total. The van der Waals surface area contributed by atoms with Gasteiger partial charge < -0.3 is 9.67 Å². The molecule has 0 bridgehead atoms. The molecule has 0 aliphatic heterocycles. The number of aliphatic carboxylic acids is 1. The molecule has 1 N–H and O–H groups in total. The number of hydrogen-bond acceptors (Lipinski definition) is 3. The van der Waals surface area contributed by atoms with E-state index in [2.05, 4.69) is 11.9 Å². The van der Waals surface area contributed by atoms with Gasteiger partial charge in [-0.15, -0.1) is 0 Å². The molecular formula is C13H20N2O2S. The van der Waals surface area contributed by atoms with Crippen LogP contribution < -0.4 is 0 Å². The first-order chi connectivity index (χ1) is 8.61. The Morgan fingerprint density at radius 3 is 2.94 bits per heavy atom. The number of rotatable bonds is 4.